The van der Waals surface area contributed by atoms with E-state index in [2.05, 4.69) is 0 Å². The minimum absolute atomic E-state index is 0.103. The van der Waals surface area contributed by atoms with Gasteiger partial charge < -0.3 is 0 Å². The number of sulfone groups is 1. The predicted molar refractivity (Wildman–Crippen MR) is 103 cm³/mol. The molecule has 27 heavy (non-hydrogen) atoms. The van der Waals surface area contributed by atoms with Gasteiger partial charge in [-0.05, 0) is 41.0 Å². The summed E-state index contributed by atoms with van der Waals surface area (Å²) in [6.45, 7) is 0. The van der Waals surface area contributed by atoms with Crippen molar-refractivity contribution in [3.05, 3.63) is 95.3 Å². The maximum Gasteiger partial charge on any atom is 0.191 e. The summed E-state index contributed by atoms with van der Waals surface area (Å²) in [5.41, 5.74) is 2.84. The van der Waals surface area contributed by atoms with Crippen LogP contribution in [0.5, 0.6) is 0 Å². The largest absolute Gasteiger partial charge is 0.289 e. The first-order valence-corrected chi connectivity index (χ1v) is 10.0. The lowest BCUT2D eigenvalue weighted by molar-refractivity contribution is 0.103. The highest BCUT2D eigenvalue weighted by Crippen LogP contribution is 2.30. The fraction of sp³-hybridized carbons (Fsp3) is 0.0455. The maximum absolute atomic E-state index is 13.5. The molecule has 1 heterocycles. The standard InChI is InChI=1S/C22H15FO3S/c23-19-10-11-21-20(13-19)22(24)18(14-27(21,25)26)12-15-6-8-17(9-7-15)16-4-2-1-3-5-16/h1-13H,14H2. The van der Waals surface area contributed by atoms with Crippen molar-refractivity contribution in [3.63, 3.8) is 0 Å². The van der Waals surface area contributed by atoms with Crippen LogP contribution in [-0.2, 0) is 9.84 Å². The average Bonchev–Trinajstić information content (AvgIpc) is 2.67. The number of hydrogen-bond acceptors (Lipinski definition) is 3. The van der Waals surface area contributed by atoms with Gasteiger partial charge in [0.1, 0.15) is 5.82 Å². The van der Waals surface area contributed by atoms with Crippen LogP contribution in [0.3, 0.4) is 0 Å². The van der Waals surface area contributed by atoms with Gasteiger partial charge in [-0.1, -0.05) is 54.6 Å². The van der Waals surface area contributed by atoms with E-state index in [9.17, 15) is 17.6 Å². The molecule has 0 radical (unpaired) electrons. The molecule has 0 saturated heterocycles. The zero-order valence-electron chi connectivity index (χ0n) is 14.2. The first-order valence-electron chi connectivity index (χ1n) is 8.37. The summed E-state index contributed by atoms with van der Waals surface area (Å²) in [4.78, 5) is 12.5. The molecule has 0 unspecified atom stereocenters. The molecule has 0 bridgehead atoms. The molecule has 0 aromatic heterocycles. The third-order valence-corrected chi connectivity index (χ3v) is 6.23. The van der Waals surface area contributed by atoms with Crippen LogP contribution in [0, 0.1) is 5.82 Å². The molecule has 3 aromatic carbocycles. The van der Waals surface area contributed by atoms with E-state index in [1.54, 1.807) is 6.08 Å². The SMILES string of the molecule is O=C1C(=Cc2ccc(-c3ccccc3)cc2)CS(=O)(=O)c2ccc(F)cc21. The lowest BCUT2D eigenvalue weighted by atomic mass is 9.99. The van der Waals surface area contributed by atoms with E-state index < -0.39 is 21.4 Å². The van der Waals surface area contributed by atoms with Crippen molar-refractivity contribution in [1.82, 2.24) is 0 Å². The smallest absolute Gasteiger partial charge is 0.191 e. The molecular formula is C22H15FO3S. The summed E-state index contributed by atoms with van der Waals surface area (Å²) in [5.74, 6) is -1.47. The van der Waals surface area contributed by atoms with E-state index >= 15 is 0 Å². The van der Waals surface area contributed by atoms with Gasteiger partial charge >= 0.3 is 0 Å². The van der Waals surface area contributed by atoms with Crippen LogP contribution >= 0.6 is 0 Å². The van der Waals surface area contributed by atoms with Crippen molar-refractivity contribution in [2.24, 2.45) is 0 Å². The van der Waals surface area contributed by atoms with Gasteiger partial charge in [0.2, 0.25) is 0 Å². The molecule has 3 aromatic rings. The molecule has 0 atom stereocenters. The summed E-state index contributed by atoms with van der Waals surface area (Å²) in [7, 11) is -3.67. The Morgan fingerprint density at radius 1 is 0.852 bits per heavy atom. The molecule has 1 aliphatic heterocycles. The molecule has 134 valence electrons. The molecule has 4 rings (SSSR count). The van der Waals surface area contributed by atoms with Crippen LogP contribution in [0.1, 0.15) is 15.9 Å². The number of benzene rings is 3. The van der Waals surface area contributed by atoms with Crippen LogP contribution in [0.4, 0.5) is 4.39 Å². The molecule has 3 nitrogen and oxygen atoms in total. The van der Waals surface area contributed by atoms with E-state index in [4.69, 9.17) is 0 Å². The topological polar surface area (TPSA) is 51.2 Å². The highest BCUT2D eigenvalue weighted by atomic mass is 32.2. The van der Waals surface area contributed by atoms with Gasteiger partial charge in [-0.15, -0.1) is 0 Å². The molecule has 0 spiro atoms. The summed E-state index contributed by atoms with van der Waals surface area (Å²) in [6, 6.07) is 20.5. The molecule has 0 N–H and O–H groups in total. The highest BCUT2D eigenvalue weighted by Gasteiger charge is 2.32. The van der Waals surface area contributed by atoms with Crippen molar-refractivity contribution in [1.29, 1.82) is 0 Å². The Kier molecular flexibility index (Phi) is 4.24. The minimum atomic E-state index is -3.67. The van der Waals surface area contributed by atoms with E-state index in [0.717, 1.165) is 29.3 Å². The third kappa shape index (κ3) is 3.34. The van der Waals surface area contributed by atoms with Gasteiger partial charge in [-0.3, -0.25) is 4.79 Å². The summed E-state index contributed by atoms with van der Waals surface area (Å²) >= 11 is 0. The number of halogens is 1. The Morgan fingerprint density at radius 2 is 1.52 bits per heavy atom. The second kappa shape index (κ2) is 6.59. The number of Topliss-reactive ketones (excluding diaryl/α,β-unsaturated/α-hetero) is 1. The van der Waals surface area contributed by atoms with Crippen molar-refractivity contribution in [2.75, 3.05) is 5.75 Å². The first kappa shape index (κ1) is 17.4. The summed E-state index contributed by atoms with van der Waals surface area (Å²) < 4.78 is 38.4. The Labute approximate surface area is 156 Å². The molecule has 1 aliphatic rings. The first-order chi connectivity index (χ1) is 12.9. The number of ketones is 1. The molecule has 0 amide bonds. The molecular weight excluding hydrogens is 363 g/mol. The second-order valence-corrected chi connectivity index (χ2v) is 8.34. The fourth-order valence-electron chi connectivity index (χ4n) is 3.18. The zero-order valence-corrected chi connectivity index (χ0v) is 15.0. The fourth-order valence-corrected chi connectivity index (χ4v) is 4.72. The average molecular weight is 378 g/mol. The van der Waals surface area contributed by atoms with Gasteiger partial charge in [0.05, 0.1) is 10.6 Å². The monoisotopic (exact) mass is 378 g/mol. The minimum Gasteiger partial charge on any atom is -0.289 e. The summed E-state index contributed by atoms with van der Waals surface area (Å²) in [6.07, 6.45) is 1.56. The lowest BCUT2D eigenvalue weighted by Crippen LogP contribution is -2.24. The van der Waals surface area contributed by atoms with E-state index in [1.165, 1.54) is 0 Å². The van der Waals surface area contributed by atoms with E-state index in [1.807, 2.05) is 54.6 Å². The van der Waals surface area contributed by atoms with E-state index in [-0.39, 0.29) is 21.8 Å². The van der Waals surface area contributed by atoms with Gasteiger partial charge in [0.15, 0.2) is 15.6 Å². The normalized spacial score (nSPS) is 16.9. The Balaban J connectivity index is 1.71. The number of rotatable bonds is 2. The van der Waals surface area contributed by atoms with Gasteiger partial charge in [-0.25, -0.2) is 12.8 Å². The van der Waals surface area contributed by atoms with Gasteiger partial charge in [0.25, 0.3) is 0 Å². The van der Waals surface area contributed by atoms with Crippen LogP contribution in [-0.4, -0.2) is 20.0 Å². The number of hydrogen-bond donors (Lipinski definition) is 0. The summed E-state index contributed by atoms with van der Waals surface area (Å²) in [5, 5.41) is 0. The van der Waals surface area contributed by atoms with Crippen LogP contribution in [0.15, 0.2) is 83.3 Å². The van der Waals surface area contributed by atoms with E-state index in [0.29, 0.717) is 5.56 Å². The zero-order chi connectivity index (χ0) is 19.0. The van der Waals surface area contributed by atoms with Crippen LogP contribution in [0.2, 0.25) is 0 Å². The number of fused-ring (bicyclic) bond motifs is 1. The van der Waals surface area contributed by atoms with Crippen molar-refractivity contribution in [3.8, 4) is 11.1 Å². The Morgan fingerprint density at radius 3 is 2.22 bits per heavy atom. The van der Waals surface area contributed by atoms with Crippen molar-refractivity contribution >= 4 is 21.7 Å². The molecule has 5 heteroatoms. The molecule has 0 fully saturated rings. The molecule has 0 saturated carbocycles. The lowest BCUT2D eigenvalue weighted by Gasteiger charge is -2.18. The van der Waals surface area contributed by atoms with Crippen LogP contribution in [0.25, 0.3) is 17.2 Å². The highest BCUT2D eigenvalue weighted by molar-refractivity contribution is 7.91. The van der Waals surface area contributed by atoms with Gasteiger partial charge in [0, 0.05) is 11.1 Å². The maximum atomic E-state index is 13.5. The molecule has 0 aliphatic carbocycles. The number of carbonyl (C=O) groups excluding carboxylic acids is 1. The Hall–Kier alpha value is -3.05. The van der Waals surface area contributed by atoms with Crippen molar-refractivity contribution < 1.29 is 17.6 Å². The quantitative estimate of drug-likeness (QED) is 0.486. The Bertz CT molecular complexity index is 1160. The third-order valence-electron chi connectivity index (χ3n) is 4.52. The van der Waals surface area contributed by atoms with Gasteiger partial charge in [-0.2, -0.15) is 0 Å². The number of carbonyl (C=O) groups is 1. The second-order valence-electron chi connectivity index (χ2n) is 6.39. The van der Waals surface area contributed by atoms with Crippen LogP contribution < -0.4 is 0 Å². The van der Waals surface area contributed by atoms with Crippen molar-refractivity contribution in [2.45, 2.75) is 4.90 Å². The predicted octanol–water partition coefficient (Wildman–Crippen LogP) is 4.55.